The van der Waals surface area contributed by atoms with E-state index in [0.717, 1.165) is 26.1 Å². The monoisotopic (exact) mass is 273 g/mol. The zero-order valence-electron chi connectivity index (χ0n) is 12.1. The highest BCUT2D eigenvalue weighted by Gasteiger charge is 2.03. The molecule has 0 spiro atoms. The molecule has 0 aromatic rings. The number of nitrogens with zero attached hydrogens (tertiary/aromatic N) is 1. The first-order chi connectivity index (χ1) is 9.10. The highest BCUT2D eigenvalue weighted by atomic mass is 16.4. The molecule has 112 valence electrons. The standard InChI is InChI=1S/C13H27N3O3/c1-3-10-16(4-2)11-9-15-13(19)14-8-6-5-7-12(17)18/h3-11H2,1-2H3,(H,17,18)(H2,14,15,19). The van der Waals surface area contributed by atoms with Crippen molar-refractivity contribution >= 4 is 12.0 Å². The van der Waals surface area contributed by atoms with E-state index in [1.54, 1.807) is 0 Å². The minimum atomic E-state index is -0.792. The lowest BCUT2D eigenvalue weighted by atomic mass is 10.2. The van der Waals surface area contributed by atoms with Crippen molar-refractivity contribution in [1.82, 2.24) is 15.5 Å². The molecule has 6 nitrogen and oxygen atoms in total. The van der Waals surface area contributed by atoms with Gasteiger partial charge in [0, 0.05) is 26.1 Å². The van der Waals surface area contributed by atoms with Gasteiger partial charge in [-0.3, -0.25) is 4.79 Å². The van der Waals surface area contributed by atoms with Crippen LogP contribution in [0, 0.1) is 0 Å². The van der Waals surface area contributed by atoms with Crippen LogP contribution in [0.4, 0.5) is 4.79 Å². The van der Waals surface area contributed by atoms with Gasteiger partial charge in [-0.15, -0.1) is 0 Å². The Labute approximate surface area is 115 Å². The zero-order chi connectivity index (χ0) is 14.5. The summed E-state index contributed by atoms with van der Waals surface area (Å²) in [6, 6.07) is -0.178. The molecule has 0 radical (unpaired) electrons. The molecule has 0 aromatic heterocycles. The minimum Gasteiger partial charge on any atom is -0.481 e. The molecule has 0 aromatic carbocycles. The highest BCUT2D eigenvalue weighted by molar-refractivity contribution is 5.73. The van der Waals surface area contributed by atoms with Gasteiger partial charge in [0.15, 0.2) is 0 Å². The largest absolute Gasteiger partial charge is 0.481 e. The summed E-state index contributed by atoms with van der Waals surface area (Å²) in [6.45, 7) is 8.30. The van der Waals surface area contributed by atoms with Crippen LogP contribution in [0.2, 0.25) is 0 Å². The number of unbranched alkanes of at least 4 members (excludes halogenated alkanes) is 1. The quantitative estimate of drug-likeness (QED) is 0.495. The van der Waals surface area contributed by atoms with E-state index in [-0.39, 0.29) is 12.5 Å². The molecule has 0 rings (SSSR count). The molecule has 0 fully saturated rings. The van der Waals surface area contributed by atoms with Crippen molar-refractivity contribution < 1.29 is 14.7 Å². The molecule has 0 bridgehead atoms. The molecule has 0 heterocycles. The number of aliphatic carboxylic acids is 1. The smallest absolute Gasteiger partial charge is 0.314 e. The van der Waals surface area contributed by atoms with Gasteiger partial charge >= 0.3 is 12.0 Å². The van der Waals surface area contributed by atoms with E-state index in [1.165, 1.54) is 0 Å². The third-order valence-corrected chi connectivity index (χ3v) is 2.80. The number of hydrogen-bond acceptors (Lipinski definition) is 3. The second-order valence-corrected chi connectivity index (χ2v) is 4.47. The molecule has 0 unspecified atom stereocenters. The number of carboxylic acids is 1. The van der Waals surface area contributed by atoms with Crippen LogP contribution in [-0.2, 0) is 4.79 Å². The predicted molar refractivity (Wildman–Crippen MR) is 75.3 cm³/mol. The van der Waals surface area contributed by atoms with Crippen LogP contribution in [0.1, 0.15) is 39.5 Å². The molecule has 19 heavy (non-hydrogen) atoms. The van der Waals surface area contributed by atoms with Gasteiger partial charge in [0.25, 0.3) is 0 Å². The number of carbonyl (C=O) groups is 2. The summed E-state index contributed by atoms with van der Waals surface area (Å²) in [6.07, 6.45) is 2.56. The van der Waals surface area contributed by atoms with Crippen molar-refractivity contribution in [3.8, 4) is 0 Å². The van der Waals surface area contributed by atoms with Gasteiger partial charge < -0.3 is 20.6 Å². The van der Waals surface area contributed by atoms with Crippen LogP contribution in [-0.4, -0.2) is 54.7 Å². The Bertz CT molecular complexity index is 260. The molecular weight excluding hydrogens is 246 g/mol. The van der Waals surface area contributed by atoms with E-state index in [1.807, 2.05) is 0 Å². The van der Waals surface area contributed by atoms with Crippen LogP contribution >= 0.6 is 0 Å². The fraction of sp³-hybridized carbons (Fsp3) is 0.846. The summed E-state index contributed by atoms with van der Waals surface area (Å²) < 4.78 is 0. The molecule has 0 aliphatic rings. The molecular formula is C13H27N3O3. The lowest BCUT2D eigenvalue weighted by Gasteiger charge is -2.19. The summed E-state index contributed by atoms with van der Waals surface area (Å²) in [5.41, 5.74) is 0. The number of nitrogens with one attached hydrogen (secondary N) is 2. The molecule has 0 aliphatic heterocycles. The normalized spacial score (nSPS) is 10.5. The van der Waals surface area contributed by atoms with E-state index >= 15 is 0 Å². The Kier molecular flexibility index (Phi) is 11.0. The van der Waals surface area contributed by atoms with Crippen molar-refractivity contribution in [3.63, 3.8) is 0 Å². The third kappa shape index (κ3) is 11.5. The summed E-state index contributed by atoms with van der Waals surface area (Å²) in [4.78, 5) is 24.0. The predicted octanol–water partition coefficient (Wildman–Crippen LogP) is 1.27. The zero-order valence-corrected chi connectivity index (χ0v) is 12.1. The van der Waals surface area contributed by atoms with Crippen LogP contribution in [0.15, 0.2) is 0 Å². The van der Waals surface area contributed by atoms with Crippen molar-refractivity contribution in [1.29, 1.82) is 0 Å². The average Bonchev–Trinajstić information content (AvgIpc) is 2.37. The van der Waals surface area contributed by atoms with E-state index in [2.05, 4.69) is 29.4 Å². The summed E-state index contributed by atoms with van der Waals surface area (Å²) in [7, 11) is 0. The second kappa shape index (κ2) is 11.8. The number of rotatable bonds is 11. The fourth-order valence-electron chi connectivity index (χ4n) is 1.74. The Morgan fingerprint density at radius 3 is 2.32 bits per heavy atom. The van der Waals surface area contributed by atoms with Crippen molar-refractivity contribution in [2.45, 2.75) is 39.5 Å². The van der Waals surface area contributed by atoms with Crippen molar-refractivity contribution in [3.05, 3.63) is 0 Å². The average molecular weight is 273 g/mol. The first-order valence-electron chi connectivity index (χ1n) is 7.06. The first kappa shape index (κ1) is 17.7. The van der Waals surface area contributed by atoms with E-state index in [0.29, 0.717) is 25.9 Å². The Balaban J connectivity index is 3.46. The maximum absolute atomic E-state index is 11.4. The van der Waals surface area contributed by atoms with Crippen LogP contribution < -0.4 is 10.6 Å². The van der Waals surface area contributed by atoms with Gasteiger partial charge in [0.2, 0.25) is 0 Å². The number of hydrogen-bond donors (Lipinski definition) is 3. The lowest BCUT2D eigenvalue weighted by Crippen LogP contribution is -2.40. The Morgan fingerprint density at radius 2 is 1.74 bits per heavy atom. The molecule has 0 aliphatic carbocycles. The number of carboxylic acid groups (broad SMARTS) is 1. The maximum Gasteiger partial charge on any atom is 0.314 e. The Hall–Kier alpha value is -1.30. The van der Waals surface area contributed by atoms with Gasteiger partial charge in [-0.2, -0.15) is 0 Å². The number of carbonyl (C=O) groups excluding carboxylic acids is 1. The summed E-state index contributed by atoms with van der Waals surface area (Å²) in [5.74, 6) is -0.792. The molecule has 0 saturated heterocycles. The van der Waals surface area contributed by atoms with Gasteiger partial charge in [-0.25, -0.2) is 4.79 Å². The molecule has 6 heteroatoms. The summed E-state index contributed by atoms with van der Waals surface area (Å²) >= 11 is 0. The number of urea groups is 1. The maximum atomic E-state index is 11.4. The highest BCUT2D eigenvalue weighted by Crippen LogP contribution is 1.93. The molecule has 3 N–H and O–H groups in total. The van der Waals surface area contributed by atoms with E-state index in [4.69, 9.17) is 5.11 Å². The number of likely N-dealkylation sites (N-methyl/N-ethyl adjacent to an activating group) is 1. The Morgan fingerprint density at radius 1 is 1.05 bits per heavy atom. The minimum absolute atomic E-state index is 0.159. The molecule has 0 saturated carbocycles. The molecule has 2 amide bonds. The van der Waals surface area contributed by atoms with Gasteiger partial charge in [0.1, 0.15) is 0 Å². The molecule has 0 atom stereocenters. The second-order valence-electron chi connectivity index (χ2n) is 4.47. The van der Waals surface area contributed by atoms with Crippen LogP contribution in [0.5, 0.6) is 0 Å². The van der Waals surface area contributed by atoms with Gasteiger partial charge in [-0.1, -0.05) is 13.8 Å². The fourth-order valence-corrected chi connectivity index (χ4v) is 1.74. The van der Waals surface area contributed by atoms with Crippen LogP contribution in [0.3, 0.4) is 0 Å². The van der Waals surface area contributed by atoms with Crippen LogP contribution in [0.25, 0.3) is 0 Å². The summed E-state index contributed by atoms with van der Waals surface area (Å²) in [5, 5.41) is 14.0. The van der Waals surface area contributed by atoms with Gasteiger partial charge in [0.05, 0.1) is 0 Å². The van der Waals surface area contributed by atoms with Gasteiger partial charge in [-0.05, 0) is 32.4 Å². The van der Waals surface area contributed by atoms with Crippen molar-refractivity contribution in [2.75, 3.05) is 32.7 Å². The van der Waals surface area contributed by atoms with E-state index < -0.39 is 5.97 Å². The van der Waals surface area contributed by atoms with Crippen molar-refractivity contribution in [2.24, 2.45) is 0 Å². The van der Waals surface area contributed by atoms with E-state index in [9.17, 15) is 9.59 Å². The third-order valence-electron chi connectivity index (χ3n) is 2.80. The topological polar surface area (TPSA) is 81.7 Å². The first-order valence-corrected chi connectivity index (χ1v) is 7.06. The SMILES string of the molecule is CCCN(CC)CCNC(=O)NCCCCC(=O)O. The lowest BCUT2D eigenvalue weighted by molar-refractivity contribution is -0.137. The number of amides is 2.